The van der Waals surface area contributed by atoms with Gasteiger partial charge in [-0.05, 0) is 0 Å². The first-order valence-electron chi connectivity index (χ1n) is 4.18. The van der Waals surface area contributed by atoms with Gasteiger partial charge in [-0.25, -0.2) is 0 Å². The number of hydrogen-bond donors (Lipinski definition) is 4. The topological polar surface area (TPSA) is 227 Å². The molecule has 0 heterocycles. The molecule has 0 aliphatic carbocycles. The number of carbonyl (C=O) groups is 4. The summed E-state index contributed by atoms with van der Waals surface area (Å²) in [5.74, 6) is -2.71. The van der Waals surface area contributed by atoms with Gasteiger partial charge in [0, 0.05) is 30.9 Å². The molecule has 10 N–H and O–H groups in total. The van der Waals surface area contributed by atoms with Crippen LogP contribution in [0.5, 0.6) is 0 Å². The van der Waals surface area contributed by atoms with Crippen LogP contribution in [0.4, 0.5) is 0 Å². The van der Waals surface area contributed by atoms with E-state index in [-0.39, 0.29) is 58.4 Å². The molecule has 12 heteroatoms. The summed E-state index contributed by atoms with van der Waals surface area (Å²) in [6, 6.07) is 0. The molecule has 0 rings (SSSR count). The molecular formula is C8H20CuN2O9. The molecule has 0 bridgehead atoms. The van der Waals surface area contributed by atoms with Gasteiger partial charge in [0.1, 0.15) is 13.1 Å². The molecule has 0 atom stereocenters. The normalized spacial score (nSPS) is 6.50. The maximum absolute atomic E-state index is 9.97. The van der Waals surface area contributed by atoms with E-state index in [9.17, 15) is 19.2 Å². The quantitative estimate of drug-likeness (QED) is 0.368. The smallest absolute Gasteiger partial charge is 0.322 e. The maximum atomic E-state index is 9.97. The molecule has 0 aromatic rings. The molecule has 2 amide bonds. The van der Waals surface area contributed by atoms with Crippen LogP contribution in [0.3, 0.4) is 0 Å². The monoisotopic (exact) mass is 351 g/mol. The number of carboxylic acid groups (broad SMARTS) is 2. The molecule has 0 saturated carbocycles. The standard InChI is InChI=1S/2C4H7NO3.Cu.3H2O/c2*1-3(6)5-2-4(7)8;;;;/h2*2H2,1H3,(H,5,6)(H,7,8);;3*1H2. The molecule has 0 unspecified atom stereocenters. The maximum Gasteiger partial charge on any atom is 0.322 e. The predicted octanol–water partition coefficient (Wildman–Crippen LogP) is -4.06. The fourth-order valence-electron chi connectivity index (χ4n) is 0.400. The molecule has 1 radical (unpaired) electrons. The van der Waals surface area contributed by atoms with Crippen molar-refractivity contribution in [1.29, 1.82) is 0 Å². The van der Waals surface area contributed by atoms with Crippen molar-refractivity contribution in [2.45, 2.75) is 13.8 Å². The number of carboxylic acids is 2. The van der Waals surface area contributed by atoms with Gasteiger partial charge in [0.25, 0.3) is 0 Å². The Balaban J connectivity index is -0.0000000408. The summed E-state index contributed by atoms with van der Waals surface area (Å²) in [6.45, 7) is 1.94. The first kappa shape index (κ1) is 36.2. The van der Waals surface area contributed by atoms with Crippen molar-refractivity contribution in [2.75, 3.05) is 13.1 Å². The summed E-state index contributed by atoms with van der Waals surface area (Å²) >= 11 is 0. The number of aliphatic carboxylic acids is 2. The van der Waals surface area contributed by atoms with Crippen LogP contribution in [-0.2, 0) is 36.2 Å². The third-order valence-corrected chi connectivity index (χ3v) is 0.977. The zero-order valence-electron chi connectivity index (χ0n) is 10.7. The summed E-state index contributed by atoms with van der Waals surface area (Å²) in [6.07, 6.45) is 0. The number of amides is 2. The van der Waals surface area contributed by atoms with Crippen LogP contribution in [0.25, 0.3) is 0 Å². The molecule has 0 fully saturated rings. The van der Waals surface area contributed by atoms with E-state index in [0.717, 1.165) is 0 Å². The summed E-state index contributed by atoms with van der Waals surface area (Å²) in [4.78, 5) is 39.3. The van der Waals surface area contributed by atoms with Crippen molar-refractivity contribution in [3.63, 3.8) is 0 Å². The minimum atomic E-state index is -1.03. The minimum Gasteiger partial charge on any atom is -0.480 e. The van der Waals surface area contributed by atoms with Gasteiger partial charge in [-0.3, -0.25) is 19.2 Å². The van der Waals surface area contributed by atoms with E-state index < -0.39 is 11.9 Å². The number of hydrogen-bond acceptors (Lipinski definition) is 4. The summed E-state index contributed by atoms with van der Waals surface area (Å²) in [5.41, 5.74) is 0. The Morgan fingerprint density at radius 2 is 0.950 bits per heavy atom. The first-order valence-corrected chi connectivity index (χ1v) is 4.18. The molecule has 0 aromatic carbocycles. The molecule has 127 valence electrons. The van der Waals surface area contributed by atoms with E-state index >= 15 is 0 Å². The molecule has 20 heavy (non-hydrogen) atoms. The Morgan fingerprint density at radius 3 is 1.00 bits per heavy atom. The SMILES string of the molecule is CC(=O)NCC(=O)O.CC(=O)NCC(=O)O.O.O.O.[Cu]. The van der Waals surface area contributed by atoms with Crippen LogP contribution in [0.15, 0.2) is 0 Å². The van der Waals surface area contributed by atoms with E-state index in [1.165, 1.54) is 13.8 Å². The second-order valence-electron chi connectivity index (χ2n) is 2.61. The van der Waals surface area contributed by atoms with Crippen LogP contribution in [-0.4, -0.2) is 63.5 Å². The van der Waals surface area contributed by atoms with Gasteiger partial charge in [0.2, 0.25) is 11.8 Å². The van der Waals surface area contributed by atoms with Crippen LogP contribution < -0.4 is 10.6 Å². The second kappa shape index (κ2) is 22.5. The molecular weight excluding hydrogens is 332 g/mol. The molecule has 0 spiro atoms. The number of carbonyl (C=O) groups excluding carboxylic acids is 2. The number of nitrogens with one attached hydrogen (secondary N) is 2. The zero-order chi connectivity index (χ0) is 13.1. The third-order valence-electron chi connectivity index (χ3n) is 0.977. The van der Waals surface area contributed by atoms with Crippen LogP contribution >= 0.6 is 0 Å². The van der Waals surface area contributed by atoms with Crippen molar-refractivity contribution in [1.82, 2.24) is 10.6 Å². The fourth-order valence-corrected chi connectivity index (χ4v) is 0.400. The largest absolute Gasteiger partial charge is 0.480 e. The Morgan fingerprint density at radius 1 is 0.750 bits per heavy atom. The minimum absolute atomic E-state index is 0. The predicted molar refractivity (Wildman–Crippen MR) is 63.5 cm³/mol. The number of rotatable bonds is 4. The van der Waals surface area contributed by atoms with E-state index in [1.54, 1.807) is 0 Å². The van der Waals surface area contributed by atoms with Crippen molar-refractivity contribution in [3.05, 3.63) is 0 Å². The third kappa shape index (κ3) is 55.4. The van der Waals surface area contributed by atoms with Gasteiger partial charge >= 0.3 is 11.9 Å². The van der Waals surface area contributed by atoms with E-state index in [4.69, 9.17) is 10.2 Å². The Kier molecular flexibility index (Phi) is 40.6. The van der Waals surface area contributed by atoms with E-state index in [2.05, 4.69) is 10.6 Å². The van der Waals surface area contributed by atoms with Crippen LogP contribution in [0.2, 0.25) is 0 Å². The van der Waals surface area contributed by atoms with Gasteiger partial charge in [0.15, 0.2) is 0 Å². The first-order chi connectivity index (χ1) is 7.25. The fraction of sp³-hybridized carbons (Fsp3) is 0.500. The van der Waals surface area contributed by atoms with Gasteiger partial charge in [-0.1, -0.05) is 0 Å². The Bertz CT molecular complexity index is 229. The van der Waals surface area contributed by atoms with Crippen molar-refractivity contribution in [2.24, 2.45) is 0 Å². The summed E-state index contributed by atoms with van der Waals surface area (Å²) < 4.78 is 0. The van der Waals surface area contributed by atoms with E-state index in [1.807, 2.05) is 0 Å². The van der Waals surface area contributed by atoms with Crippen molar-refractivity contribution in [3.8, 4) is 0 Å². The molecule has 0 aromatic heterocycles. The summed E-state index contributed by atoms with van der Waals surface area (Å²) in [5, 5.41) is 20.1. The average molecular weight is 352 g/mol. The van der Waals surface area contributed by atoms with Crippen LogP contribution in [0.1, 0.15) is 13.8 Å². The van der Waals surface area contributed by atoms with Gasteiger partial charge < -0.3 is 37.3 Å². The van der Waals surface area contributed by atoms with E-state index in [0.29, 0.717) is 0 Å². The van der Waals surface area contributed by atoms with Crippen molar-refractivity contribution < 1.29 is 62.9 Å². The Hall–Kier alpha value is -1.72. The van der Waals surface area contributed by atoms with Crippen LogP contribution in [0, 0.1) is 0 Å². The van der Waals surface area contributed by atoms with Crippen molar-refractivity contribution >= 4 is 23.8 Å². The second-order valence-corrected chi connectivity index (χ2v) is 2.61. The Labute approximate surface area is 125 Å². The average Bonchev–Trinajstić information content (AvgIpc) is 2.12. The molecule has 0 saturated heterocycles. The zero-order valence-corrected chi connectivity index (χ0v) is 11.7. The van der Waals surface area contributed by atoms with Gasteiger partial charge in [0.05, 0.1) is 0 Å². The molecule has 0 aliphatic rings. The summed E-state index contributed by atoms with van der Waals surface area (Å²) in [7, 11) is 0. The molecule has 0 aliphatic heterocycles. The van der Waals surface area contributed by atoms with Gasteiger partial charge in [-0.15, -0.1) is 0 Å². The van der Waals surface area contributed by atoms with Gasteiger partial charge in [-0.2, -0.15) is 0 Å². The molecule has 11 nitrogen and oxygen atoms in total.